The number of carboxylic acid groups (broad SMARTS) is 1. The highest BCUT2D eigenvalue weighted by atomic mass is 79.9. The summed E-state index contributed by atoms with van der Waals surface area (Å²) < 4.78 is 14.6. The maximum absolute atomic E-state index is 13.8. The molecule has 1 fully saturated rings. The maximum atomic E-state index is 13.8. The Morgan fingerprint density at radius 3 is 2.67 bits per heavy atom. The zero-order valence-corrected chi connectivity index (χ0v) is 13.8. The van der Waals surface area contributed by atoms with Crippen molar-refractivity contribution in [3.63, 3.8) is 0 Å². The predicted octanol–water partition coefficient (Wildman–Crippen LogP) is 4.06. The molecule has 1 aliphatic heterocycles. The van der Waals surface area contributed by atoms with E-state index in [2.05, 4.69) is 20.8 Å². The molecule has 0 spiro atoms. The van der Waals surface area contributed by atoms with E-state index < -0.39 is 11.4 Å². The Labute approximate surface area is 133 Å². The summed E-state index contributed by atoms with van der Waals surface area (Å²) in [5, 5.41) is 9.49. The van der Waals surface area contributed by atoms with E-state index in [-0.39, 0.29) is 5.82 Å². The molecule has 5 heteroatoms. The molecule has 1 saturated heterocycles. The molecule has 1 N–H and O–H groups in total. The monoisotopic (exact) mass is 357 g/mol. The highest BCUT2D eigenvalue weighted by molar-refractivity contribution is 9.10. The van der Waals surface area contributed by atoms with Gasteiger partial charge in [0.15, 0.2) is 0 Å². The molecular weight excluding hydrogens is 337 g/mol. The van der Waals surface area contributed by atoms with Gasteiger partial charge < -0.3 is 5.11 Å². The lowest BCUT2D eigenvalue weighted by atomic mass is 9.75. The SMILES string of the molecule is CCCC1(C(=O)O)CCN(Cc2cc(Br)ccc2F)CC1. The first kappa shape index (κ1) is 16.4. The van der Waals surface area contributed by atoms with Gasteiger partial charge in [-0.25, -0.2) is 4.39 Å². The van der Waals surface area contributed by atoms with Crippen molar-refractivity contribution in [2.45, 2.75) is 39.2 Å². The molecular formula is C16H21BrFNO2. The van der Waals surface area contributed by atoms with Gasteiger partial charge in [0, 0.05) is 16.6 Å². The number of nitrogens with zero attached hydrogens (tertiary/aromatic N) is 1. The molecule has 1 aliphatic rings. The standard InChI is InChI=1S/C16H21BrFNO2/c1-2-5-16(15(20)21)6-8-19(9-7-16)11-12-10-13(17)3-4-14(12)18/h3-4,10H,2,5-9,11H2,1H3,(H,20,21). The van der Waals surface area contributed by atoms with Crippen LogP contribution in [0.2, 0.25) is 0 Å². The normalized spacial score (nSPS) is 18.6. The second-order valence-electron chi connectivity index (χ2n) is 5.85. The summed E-state index contributed by atoms with van der Waals surface area (Å²) in [5.74, 6) is -0.889. The predicted molar refractivity (Wildman–Crippen MR) is 83.6 cm³/mol. The molecule has 0 aliphatic carbocycles. The van der Waals surface area contributed by atoms with Crippen molar-refractivity contribution < 1.29 is 14.3 Å². The van der Waals surface area contributed by atoms with Gasteiger partial charge in [0.05, 0.1) is 5.41 Å². The van der Waals surface area contributed by atoms with E-state index in [1.165, 1.54) is 6.07 Å². The Morgan fingerprint density at radius 1 is 1.43 bits per heavy atom. The van der Waals surface area contributed by atoms with Gasteiger partial charge in [-0.2, -0.15) is 0 Å². The fourth-order valence-electron chi connectivity index (χ4n) is 3.09. The highest BCUT2D eigenvalue weighted by Gasteiger charge is 2.40. The van der Waals surface area contributed by atoms with Crippen molar-refractivity contribution in [1.29, 1.82) is 0 Å². The number of likely N-dealkylation sites (tertiary alicyclic amines) is 1. The fraction of sp³-hybridized carbons (Fsp3) is 0.562. The molecule has 1 aromatic rings. The number of carboxylic acids is 1. The first-order chi connectivity index (χ1) is 9.97. The molecule has 0 unspecified atom stereocenters. The van der Waals surface area contributed by atoms with Crippen molar-refractivity contribution in [3.05, 3.63) is 34.1 Å². The smallest absolute Gasteiger partial charge is 0.309 e. The lowest BCUT2D eigenvalue weighted by molar-refractivity contribution is -0.152. The van der Waals surface area contributed by atoms with Crippen LogP contribution < -0.4 is 0 Å². The van der Waals surface area contributed by atoms with Crippen LogP contribution in [0.3, 0.4) is 0 Å². The Balaban J connectivity index is 2.00. The minimum absolute atomic E-state index is 0.207. The van der Waals surface area contributed by atoms with Crippen LogP contribution in [0, 0.1) is 11.2 Å². The molecule has 0 amide bonds. The molecule has 2 rings (SSSR count). The summed E-state index contributed by atoms with van der Waals surface area (Å²) in [7, 11) is 0. The highest BCUT2D eigenvalue weighted by Crippen LogP contribution is 2.37. The van der Waals surface area contributed by atoms with Gasteiger partial charge in [0.1, 0.15) is 5.82 Å². The Kier molecular flexibility index (Phi) is 5.38. The second kappa shape index (κ2) is 6.88. The van der Waals surface area contributed by atoms with Crippen LogP contribution in [0.1, 0.15) is 38.2 Å². The van der Waals surface area contributed by atoms with Crippen molar-refractivity contribution in [2.75, 3.05) is 13.1 Å². The Morgan fingerprint density at radius 2 is 2.10 bits per heavy atom. The topological polar surface area (TPSA) is 40.5 Å². The number of piperidine rings is 1. The van der Waals surface area contributed by atoms with Gasteiger partial charge in [-0.05, 0) is 50.6 Å². The molecule has 1 heterocycles. The largest absolute Gasteiger partial charge is 0.481 e. The third-order valence-corrected chi connectivity index (χ3v) is 4.89. The lowest BCUT2D eigenvalue weighted by Gasteiger charge is -2.38. The van der Waals surface area contributed by atoms with Crippen LogP contribution in [-0.4, -0.2) is 29.1 Å². The minimum Gasteiger partial charge on any atom is -0.481 e. The van der Waals surface area contributed by atoms with Crippen molar-refractivity contribution in [1.82, 2.24) is 4.90 Å². The molecule has 0 aromatic heterocycles. The number of hydrogen-bond donors (Lipinski definition) is 1. The summed E-state index contributed by atoms with van der Waals surface area (Å²) in [5.41, 5.74) is 0.0730. The third-order valence-electron chi connectivity index (χ3n) is 4.40. The molecule has 21 heavy (non-hydrogen) atoms. The summed E-state index contributed by atoms with van der Waals surface area (Å²) in [6, 6.07) is 4.94. The van der Waals surface area contributed by atoms with Crippen molar-refractivity contribution in [2.24, 2.45) is 5.41 Å². The zero-order valence-electron chi connectivity index (χ0n) is 12.2. The van der Waals surface area contributed by atoms with E-state index in [9.17, 15) is 14.3 Å². The van der Waals surface area contributed by atoms with E-state index >= 15 is 0 Å². The Bertz CT molecular complexity index is 513. The molecule has 0 saturated carbocycles. The summed E-state index contributed by atoms with van der Waals surface area (Å²) >= 11 is 3.36. The van der Waals surface area contributed by atoms with Crippen LogP contribution in [0.5, 0.6) is 0 Å². The zero-order chi connectivity index (χ0) is 15.5. The molecule has 0 bridgehead atoms. The summed E-state index contributed by atoms with van der Waals surface area (Å²) in [6.07, 6.45) is 2.89. The second-order valence-corrected chi connectivity index (χ2v) is 6.76. The number of aliphatic carboxylic acids is 1. The van der Waals surface area contributed by atoms with Crippen LogP contribution >= 0.6 is 15.9 Å². The molecule has 1 aromatic carbocycles. The number of halogens is 2. The van der Waals surface area contributed by atoms with Gasteiger partial charge in [0.2, 0.25) is 0 Å². The summed E-state index contributed by atoms with van der Waals surface area (Å²) in [4.78, 5) is 13.7. The van der Waals surface area contributed by atoms with Crippen molar-refractivity contribution >= 4 is 21.9 Å². The van der Waals surface area contributed by atoms with E-state index in [1.54, 1.807) is 12.1 Å². The lowest BCUT2D eigenvalue weighted by Crippen LogP contribution is -2.44. The van der Waals surface area contributed by atoms with Crippen LogP contribution in [0.4, 0.5) is 4.39 Å². The molecule has 0 radical (unpaired) electrons. The maximum Gasteiger partial charge on any atom is 0.309 e. The third kappa shape index (κ3) is 3.83. The van der Waals surface area contributed by atoms with Gasteiger partial charge in [-0.3, -0.25) is 9.69 Å². The number of benzene rings is 1. The summed E-state index contributed by atoms with van der Waals surface area (Å²) in [6.45, 7) is 3.97. The molecule has 3 nitrogen and oxygen atoms in total. The van der Waals surface area contributed by atoms with Crippen LogP contribution in [-0.2, 0) is 11.3 Å². The number of hydrogen-bond acceptors (Lipinski definition) is 2. The average Bonchev–Trinajstić information content (AvgIpc) is 2.45. The Hall–Kier alpha value is -0.940. The average molecular weight is 358 g/mol. The number of rotatable bonds is 5. The molecule has 116 valence electrons. The quantitative estimate of drug-likeness (QED) is 0.863. The van der Waals surface area contributed by atoms with Crippen LogP contribution in [0.25, 0.3) is 0 Å². The first-order valence-electron chi connectivity index (χ1n) is 7.36. The van der Waals surface area contributed by atoms with E-state index in [4.69, 9.17) is 0 Å². The van der Waals surface area contributed by atoms with E-state index in [1.807, 2.05) is 6.92 Å². The first-order valence-corrected chi connectivity index (χ1v) is 8.16. The number of carbonyl (C=O) groups is 1. The van der Waals surface area contributed by atoms with Crippen molar-refractivity contribution in [3.8, 4) is 0 Å². The fourth-order valence-corrected chi connectivity index (χ4v) is 3.50. The van der Waals surface area contributed by atoms with E-state index in [0.717, 1.165) is 17.3 Å². The van der Waals surface area contributed by atoms with Gasteiger partial charge in [-0.15, -0.1) is 0 Å². The van der Waals surface area contributed by atoms with Gasteiger partial charge in [-0.1, -0.05) is 29.3 Å². The minimum atomic E-state index is -0.683. The van der Waals surface area contributed by atoms with Gasteiger partial charge >= 0.3 is 5.97 Å². The molecule has 0 atom stereocenters. The van der Waals surface area contributed by atoms with Crippen LogP contribution in [0.15, 0.2) is 22.7 Å². The van der Waals surface area contributed by atoms with Gasteiger partial charge in [0.25, 0.3) is 0 Å². The van der Waals surface area contributed by atoms with E-state index in [0.29, 0.717) is 38.0 Å².